The average Bonchev–Trinajstić information content (AvgIpc) is 2.66. The number of carbonyl (C=O) groups excluding carboxylic acids is 3. The predicted molar refractivity (Wildman–Crippen MR) is 66.9 cm³/mol. The molecular formula is C13H13N3O3. The Balaban J connectivity index is 1.87. The molecule has 19 heavy (non-hydrogen) atoms. The van der Waals surface area contributed by atoms with Gasteiger partial charge in [0, 0.05) is 24.2 Å². The van der Waals surface area contributed by atoms with Crippen LogP contribution in [0.25, 0.3) is 0 Å². The van der Waals surface area contributed by atoms with Gasteiger partial charge in [0.15, 0.2) is 0 Å². The van der Waals surface area contributed by atoms with Gasteiger partial charge < -0.3 is 10.6 Å². The summed E-state index contributed by atoms with van der Waals surface area (Å²) >= 11 is 0. The Morgan fingerprint density at radius 3 is 2.79 bits per heavy atom. The number of amides is 3. The Hall–Kier alpha value is -2.37. The lowest BCUT2D eigenvalue weighted by atomic mass is 10.0. The fourth-order valence-corrected chi connectivity index (χ4v) is 2.59. The Morgan fingerprint density at radius 1 is 1.26 bits per heavy atom. The zero-order chi connectivity index (χ0) is 13.6. The Morgan fingerprint density at radius 2 is 2.05 bits per heavy atom. The number of imide groups is 1. The molecular weight excluding hydrogens is 246 g/mol. The Bertz CT molecular complexity index is 597. The van der Waals surface area contributed by atoms with Crippen LogP contribution in [0.1, 0.15) is 28.8 Å². The number of anilines is 1. The number of nitrogens with zero attached hydrogens (tertiary/aromatic N) is 1. The van der Waals surface area contributed by atoms with Crippen LogP contribution in [0.2, 0.25) is 0 Å². The van der Waals surface area contributed by atoms with Crippen LogP contribution in [0.15, 0.2) is 18.2 Å². The van der Waals surface area contributed by atoms with Gasteiger partial charge >= 0.3 is 0 Å². The number of hydrogen-bond acceptors (Lipinski definition) is 4. The second kappa shape index (κ2) is 4.08. The monoisotopic (exact) mass is 259 g/mol. The van der Waals surface area contributed by atoms with Crippen LogP contribution >= 0.6 is 0 Å². The minimum atomic E-state index is -0.571. The van der Waals surface area contributed by atoms with Crippen LogP contribution < -0.4 is 11.1 Å². The van der Waals surface area contributed by atoms with Gasteiger partial charge in [-0.15, -0.1) is 0 Å². The molecule has 0 radical (unpaired) electrons. The molecule has 2 aliphatic rings. The summed E-state index contributed by atoms with van der Waals surface area (Å²) in [5.41, 5.74) is 7.70. The minimum absolute atomic E-state index is 0.176. The number of nitrogens with two attached hydrogens (primary N) is 1. The smallest absolute Gasteiger partial charge is 0.255 e. The highest BCUT2D eigenvalue weighted by atomic mass is 16.2. The van der Waals surface area contributed by atoms with Crippen molar-refractivity contribution >= 4 is 23.4 Å². The molecule has 1 aromatic rings. The second-order valence-corrected chi connectivity index (χ2v) is 4.82. The van der Waals surface area contributed by atoms with E-state index in [0.717, 1.165) is 5.56 Å². The highest BCUT2D eigenvalue weighted by Gasteiger charge is 2.38. The molecule has 0 unspecified atom stereocenters. The van der Waals surface area contributed by atoms with E-state index in [1.54, 1.807) is 18.2 Å². The summed E-state index contributed by atoms with van der Waals surface area (Å²) in [6, 6.07) is 4.53. The first-order chi connectivity index (χ1) is 9.06. The minimum Gasteiger partial charge on any atom is -0.399 e. The number of carbonyl (C=O) groups is 3. The van der Waals surface area contributed by atoms with Crippen molar-refractivity contribution in [2.75, 3.05) is 5.73 Å². The molecule has 0 spiro atoms. The van der Waals surface area contributed by atoms with E-state index in [2.05, 4.69) is 5.32 Å². The first-order valence-electron chi connectivity index (χ1n) is 6.09. The van der Waals surface area contributed by atoms with Crippen molar-refractivity contribution in [3.63, 3.8) is 0 Å². The first-order valence-corrected chi connectivity index (χ1v) is 6.09. The molecule has 3 N–H and O–H groups in total. The molecule has 0 saturated carbocycles. The summed E-state index contributed by atoms with van der Waals surface area (Å²) in [7, 11) is 0. The van der Waals surface area contributed by atoms with Crippen LogP contribution in [0.3, 0.4) is 0 Å². The Kier molecular flexibility index (Phi) is 2.51. The van der Waals surface area contributed by atoms with Crippen molar-refractivity contribution in [2.24, 2.45) is 0 Å². The van der Waals surface area contributed by atoms with E-state index in [4.69, 9.17) is 5.73 Å². The van der Waals surface area contributed by atoms with Gasteiger partial charge in [-0.05, 0) is 30.2 Å². The summed E-state index contributed by atoms with van der Waals surface area (Å²) < 4.78 is 0. The lowest BCUT2D eigenvalue weighted by Gasteiger charge is -2.29. The highest BCUT2D eigenvalue weighted by molar-refractivity contribution is 6.05. The van der Waals surface area contributed by atoms with Crippen molar-refractivity contribution < 1.29 is 14.4 Å². The van der Waals surface area contributed by atoms with E-state index in [1.807, 2.05) is 0 Å². The summed E-state index contributed by atoms with van der Waals surface area (Å²) in [5, 5.41) is 2.27. The van der Waals surface area contributed by atoms with E-state index >= 15 is 0 Å². The summed E-state index contributed by atoms with van der Waals surface area (Å²) in [5.74, 6) is -0.857. The van der Waals surface area contributed by atoms with Crippen LogP contribution in [0.4, 0.5) is 5.69 Å². The number of benzene rings is 1. The number of piperidine rings is 1. The lowest BCUT2D eigenvalue weighted by Crippen LogP contribution is -2.52. The SMILES string of the molecule is Nc1ccc2c(c1)CN([C@H]1CCC(=O)NC1=O)C2=O. The van der Waals surface area contributed by atoms with E-state index < -0.39 is 11.9 Å². The maximum absolute atomic E-state index is 12.3. The second-order valence-electron chi connectivity index (χ2n) is 4.82. The third-order valence-corrected chi connectivity index (χ3v) is 3.55. The van der Waals surface area contributed by atoms with Gasteiger partial charge in [-0.25, -0.2) is 0 Å². The zero-order valence-electron chi connectivity index (χ0n) is 10.2. The van der Waals surface area contributed by atoms with E-state index in [0.29, 0.717) is 24.2 Å². The standard InChI is InChI=1S/C13H13N3O3/c14-8-1-2-9-7(5-8)6-16(13(9)19)10-3-4-11(17)15-12(10)18/h1-2,5,10H,3-4,6,14H2,(H,15,17,18)/t10-/m0/s1. The molecule has 0 aromatic heterocycles. The fourth-order valence-electron chi connectivity index (χ4n) is 2.59. The van der Waals surface area contributed by atoms with Gasteiger partial charge in [-0.3, -0.25) is 19.7 Å². The molecule has 1 fully saturated rings. The van der Waals surface area contributed by atoms with E-state index in [1.165, 1.54) is 4.90 Å². The van der Waals surface area contributed by atoms with Crippen LogP contribution in [0.5, 0.6) is 0 Å². The van der Waals surface area contributed by atoms with Crippen molar-refractivity contribution in [1.29, 1.82) is 0 Å². The number of nitrogens with one attached hydrogen (secondary N) is 1. The quantitative estimate of drug-likeness (QED) is 0.549. The molecule has 6 nitrogen and oxygen atoms in total. The molecule has 3 rings (SSSR count). The topological polar surface area (TPSA) is 92.5 Å². The fraction of sp³-hybridized carbons (Fsp3) is 0.308. The molecule has 1 atom stereocenters. The van der Waals surface area contributed by atoms with Crippen molar-refractivity contribution in [3.05, 3.63) is 29.3 Å². The van der Waals surface area contributed by atoms with Gasteiger partial charge in [0.1, 0.15) is 6.04 Å². The van der Waals surface area contributed by atoms with Crippen molar-refractivity contribution in [3.8, 4) is 0 Å². The van der Waals surface area contributed by atoms with Crippen LogP contribution in [0, 0.1) is 0 Å². The van der Waals surface area contributed by atoms with Crippen LogP contribution in [-0.4, -0.2) is 28.7 Å². The number of nitrogen functional groups attached to an aromatic ring is 1. The maximum atomic E-state index is 12.3. The van der Waals surface area contributed by atoms with E-state index in [-0.39, 0.29) is 18.2 Å². The van der Waals surface area contributed by atoms with Crippen molar-refractivity contribution in [2.45, 2.75) is 25.4 Å². The maximum Gasteiger partial charge on any atom is 0.255 e. The molecule has 2 aliphatic heterocycles. The molecule has 1 saturated heterocycles. The molecule has 98 valence electrons. The predicted octanol–water partition coefficient (Wildman–Crippen LogP) is 0.0298. The first kappa shape index (κ1) is 11.7. The number of hydrogen-bond donors (Lipinski definition) is 2. The van der Waals surface area contributed by atoms with Gasteiger partial charge in [-0.1, -0.05) is 0 Å². The molecule has 2 heterocycles. The lowest BCUT2D eigenvalue weighted by molar-refractivity contribution is -0.136. The number of rotatable bonds is 1. The number of fused-ring (bicyclic) bond motifs is 1. The molecule has 1 aromatic carbocycles. The van der Waals surface area contributed by atoms with Gasteiger partial charge in [-0.2, -0.15) is 0 Å². The van der Waals surface area contributed by atoms with Gasteiger partial charge in [0.2, 0.25) is 11.8 Å². The Labute approximate surface area is 109 Å². The largest absolute Gasteiger partial charge is 0.399 e. The van der Waals surface area contributed by atoms with E-state index in [9.17, 15) is 14.4 Å². The van der Waals surface area contributed by atoms with Crippen LogP contribution in [-0.2, 0) is 16.1 Å². The summed E-state index contributed by atoms with van der Waals surface area (Å²) in [4.78, 5) is 36.7. The average molecular weight is 259 g/mol. The van der Waals surface area contributed by atoms with Crippen molar-refractivity contribution in [1.82, 2.24) is 10.2 Å². The third kappa shape index (κ3) is 1.85. The molecule has 6 heteroatoms. The summed E-state index contributed by atoms with van der Waals surface area (Å²) in [6.45, 7) is 0.367. The highest BCUT2D eigenvalue weighted by Crippen LogP contribution is 2.28. The normalized spacial score (nSPS) is 22.4. The molecule has 0 aliphatic carbocycles. The van der Waals surface area contributed by atoms with Gasteiger partial charge in [0.25, 0.3) is 5.91 Å². The zero-order valence-corrected chi connectivity index (χ0v) is 10.2. The molecule has 0 bridgehead atoms. The van der Waals surface area contributed by atoms with Gasteiger partial charge in [0.05, 0.1) is 0 Å². The third-order valence-electron chi connectivity index (χ3n) is 3.55. The molecule has 3 amide bonds. The summed E-state index contributed by atoms with van der Waals surface area (Å²) in [6.07, 6.45) is 0.637.